The minimum Gasteiger partial charge on any atom is -0.343 e. The van der Waals surface area contributed by atoms with Crippen LogP contribution in [0.2, 0.25) is 0 Å². The predicted molar refractivity (Wildman–Crippen MR) is 282 cm³/mol. The lowest BCUT2D eigenvalue weighted by Crippen LogP contribution is -2.59. The summed E-state index contributed by atoms with van der Waals surface area (Å²) in [6.45, 7) is 17.2. The largest absolute Gasteiger partial charge is 0.343 e. The van der Waals surface area contributed by atoms with E-state index in [9.17, 15) is 47.9 Å². The van der Waals surface area contributed by atoms with Gasteiger partial charge in [-0.15, -0.1) is 0 Å². The van der Waals surface area contributed by atoms with E-state index in [-0.39, 0.29) is 62.0 Å². The molecule has 412 valence electrons. The second kappa shape index (κ2) is 27.3. The van der Waals surface area contributed by atoms with Crippen LogP contribution in [-0.2, 0) is 47.9 Å². The SMILES string of the molecule is CC(C)C[C@@H]1NC(=O)[C@H](C)NC(=O)[C@H](C(C)C)NC(=O)[C@@H]2CCCN2C(=O)/C(=C/c2cccnc2)NC(=O)[C@H](CC(C)C)NC(=O)[C@H](C)NC(=O)[C@H](C(C)C)NC(=O)[C@@H]2CCCN2C(=O)/C(=C/c2cccnc2)NC1=O. The molecule has 2 aromatic rings. The van der Waals surface area contributed by atoms with Gasteiger partial charge in [0.25, 0.3) is 11.8 Å². The van der Waals surface area contributed by atoms with Crippen molar-refractivity contribution < 1.29 is 47.9 Å². The third-order valence-electron chi connectivity index (χ3n) is 13.3. The first kappa shape index (κ1) is 59.4. The number of nitrogens with zero attached hydrogens (tertiary/aromatic N) is 4. The molecule has 2 aromatic heterocycles. The van der Waals surface area contributed by atoms with Gasteiger partial charge in [-0.25, -0.2) is 0 Å². The van der Waals surface area contributed by atoms with Crippen molar-refractivity contribution >= 4 is 71.2 Å². The number of rotatable bonds is 8. The fraction of sp³-hybridized carbons (Fsp3) is 0.556. The molecular formula is C54H76N12O10. The summed E-state index contributed by atoms with van der Waals surface area (Å²) in [6, 6.07) is -2.86. The highest BCUT2D eigenvalue weighted by atomic mass is 16.2. The van der Waals surface area contributed by atoms with E-state index in [1.807, 2.05) is 27.7 Å². The smallest absolute Gasteiger partial charge is 0.271 e. The van der Waals surface area contributed by atoms with Gasteiger partial charge < -0.3 is 52.3 Å². The second-order valence-electron chi connectivity index (χ2n) is 21.3. The maximum absolute atomic E-state index is 14.6. The highest BCUT2D eigenvalue weighted by Crippen LogP contribution is 2.24. The Labute approximate surface area is 444 Å². The van der Waals surface area contributed by atoms with Gasteiger partial charge in [-0.05, 0) is 111 Å². The van der Waals surface area contributed by atoms with Crippen LogP contribution in [0.5, 0.6) is 0 Å². The summed E-state index contributed by atoms with van der Waals surface area (Å²) >= 11 is 0. The molecule has 76 heavy (non-hydrogen) atoms. The van der Waals surface area contributed by atoms with E-state index < -0.39 is 119 Å². The molecule has 8 N–H and O–H groups in total. The Kier molecular flexibility index (Phi) is 21.3. The zero-order chi connectivity index (χ0) is 56.0. The summed E-state index contributed by atoms with van der Waals surface area (Å²) in [6.07, 6.45) is 10.3. The third-order valence-corrected chi connectivity index (χ3v) is 13.3. The van der Waals surface area contributed by atoms with E-state index in [2.05, 4.69) is 52.5 Å². The van der Waals surface area contributed by atoms with Gasteiger partial charge in [0, 0.05) is 37.9 Å². The molecule has 0 unspecified atom stereocenters. The molecule has 3 fully saturated rings. The summed E-state index contributed by atoms with van der Waals surface area (Å²) in [4.78, 5) is 153. The van der Waals surface area contributed by atoms with E-state index in [0.29, 0.717) is 24.0 Å². The van der Waals surface area contributed by atoms with Gasteiger partial charge >= 0.3 is 0 Å². The number of hydrogen-bond donors (Lipinski definition) is 8. The van der Waals surface area contributed by atoms with Crippen LogP contribution in [-0.4, -0.2) is 140 Å². The molecule has 8 atom stereocenters. The lowest BCUT2D eigenvalue weighted by atomic mass is 10.0. The van der Waals surface area contributed by atoms with Gasteiger partial charge in [0.2, 0.25) is 47.3 Å². The summed E-state index contributed by atoms with van der Waals surface area (Å²) in [5, 5.41) is 21.7. The number of amides is 10. The number of hydrogen-bond acceptors (Lipinski definition) is 12. The molecule has 3 saturated heterocycles. The van der Waals surface area contributed by atoms with Crippen LogP contribution in [0.25, 0.3) is 12.2 Å². The Morgan fingerprint density at radius 1 is 0.500 bits per heavy atom. The van der Waals surface area contributed by atoms with Gasteiger partial charge in [-0.3, -0.25) is 57.9 Å². The monoisotopic (exact) mass is 1050 g/mol. The Morgan fingerprint density at radius 2 is 0.868 bits per heavy atom. The van der Waals surface area contributed by atoms with E-state index >= 15 is 0 Å². The minimum atomic E-state index is -1.23. The molecule has 22 nitrogen and oxygen atoms in total. The highest BCUT2D eigenvalue weighted by molar-refractivity contribution is 6.06. The number of carbonyl (C=O) groups is 10. The maximum atomic E-state index is 14.6. The molecule has 5 heterocycles. The van der Waals surface area contributed by atoms with Gasteiger partial charge in [0.1, 0.15) is 59.7 Å². The maximum Gasteiger partial charge on any atom is 0.271 e. The number of nitrogens with one attached hydrogen (secondary N) is 8. The van der Waals surface area contributed by atoms with Crippen molar-refractivity contribution in [2.24, 2.45) is 23.7 Å². The molecule has 10 amide bonds. The first-order valence-electron chi connectivity index (χ1n) is 26.2. The van der Waals surface area contributed by atoms with Crippen molar-refractivity contribution in [3.63, 3.8) is 0 Å². The van der Waals surface area contributed by atoms with Crippen LogP contribution in [0.15, 0.2) is 60.4 Å². The molecule has 22 heteroatoms. The van der Waals surface area contributed by atoms with Crippen molar-refractivity contribution in [1.82, 2.24) is 62.3 Å². The van der Waals surface area contributed by atoms with Crippen LogP contribution in [0.3, 0.4) is 0 Å². The molecule has 0 radical (unpaired) electrons. The van der Waals surface area contributed by atoms with Crippen LogP contribution < -0.4 is 42.5 Å². The number of pyridine rings is 2. The lowest BCUT2D eigenvalue weighted by Gasteiger charge is -2.30. The zero-order valence-electron chi connectivity index (χ0n) is 45.2. The van der Waals surface area contributed by atoms with Crippen LogP contribution in [0, 0.1) is 23.7 Å². The van der Waals surface area contributed by atoms with Crippen molar-refractivity contribution in [1.29, 1.82) is 0 Å². The average molecular weight is 1050 g/mol. The van der Waals surface area contributed by atoms with Gasteiger partial charge in [0.15, 0.2) is 0 Å². The average Bonchev–Trinajstić information content (AvgIpc) is 4.07. The van der Waals surface area contributed by atoms with E-state index in [0.717, 1.165) is 0 Å². The third kappa shape index (κ3) is 16.2. The Balaban J connectivity index is 1.54. The molecule has 0 aromatic carbocycles. The van der Waals surface area contributed by atoms with Gasteiger partial charge in [-0.2, -0.15) is 0 Å². The summed E-state index contributed by atoms with van der Waals surface area (Å²) < 4.78 is 0. The summed E-state index contributed by atoms with van der Waals surface area (Å²) in [7, 11) is 0. The Hall–Kier alpha value is -7.52. The molecule has 0 saturated carbocycles. The standard InChI is InChI=1S/C54H76N12O10/c1-29(2)23-37-47(69)61-39(25-35-15-11-19-55-27-35)53(75)65-21-13-17-41(65)49(71)64-44(32(7)8)52(74)58-34(10)46(68)60-38(24-30(3)4)48(70)62-40(26-36-16-12-20-56-28-36)54(76)66-22-14-18-42(66)50(72)63-43(31(5)6)51(73)57-33(9)45(67)59-37/h11-12,15-16,19-20,25-34,37-38,41-44H,13-14,17-18,21-24H2,1-10H3,(H,57,73)(H,58,74)(H,59,67)(H,60,68)(H,61,69)(H,62,70)(H,63,72)(H,64,71)/b39-25-,40-26-/t33-,34-,37-,38-,41-,42-,43-,44-/m0/s1. The van der Waals surface area contributed by atoms with Crippen molar-refractivity contribution in [2.45, 2.75) is 156 Å². The topological polar surface area (TPSA) is 299 Å². The fourth-order valence-corrected chi connectivity index (χ4v) is 9.18. The normalized spacial score (nSPS) is 26.9. The first-order chi connectivity index (χ1) is 35.9. The first-order valence-corrected chi connectivity index (χ1v) is 26.2. The van der Waals surface area contributed by atoms with Crippen molar-refractivity contribution in [2.75, 3.05) is 13.1 Å². The van der Waals surface area contributed by atoms with Crippen LogP contribution in [0.1, 0.15) is 119 Å². The van der Waals surface area contributed by atoms with E-state index in [4.69, 9.17) is 0 Å². The molecule has 0 aliphatic carbocycles. The minimum absolute atomic E-state index is 0.114. The van der Waals surface area contributed by atoms with Crippen LogP contribution in [0.4, 0.5) is 0 Å². The second-order valence-corrected chi connectivity index (χ2v) is 21.3. The van der Waals surface area contributed by atoms with Gasteiger partial charge in [-0.1, -0.05) is 67.5 Å². The van der Waals surface area contributed by atoms with Gasteiger partial charge in [0.05, 0.1) is 0 Å². The van der Waals surface area contributed by atoms with Crippen molar-refractivity contribution in [3.05, 3.63) is 71.6 Å². The molecule has 3 aliphatic heterocycles. The molecular weight excluding hydrogens is 977 g/mol. The molecule has 0 spiro atoms. The Morgan fingerprint density at radius 3 is 1.18 bits per heavy atom. The number of carbonyl (C=O) groups excluding carboxylic acids is 10. The summed E-state index contributed by atoms with van der Waals surface area (Å²) in [5.41, 5.74) is 0.444. The Bertz CT molecular complexity index is 2340. The quantitative estimate of drug-likeness (QED) is 0.174. The fourth-order valence-electron chi connectivity index (χ4n) is 9.18. The highest BCUT2D eigenvalue weighted by Gasteiger charge is 2.41. The predicted octanol–water partition coefficient (Wildman–Crippen LogP) is 1.44. The number of fused-ring (bicyclic) bond motifs is 2. The lowest BCUT2D eigenvalue weighted by molar-refractivity contribution is -0.139. The van der Waals surface area contributed by atoms with Crippen molar-refractivity contribution in [3.8, 4) is 0 Å². The van der Waals surface area contributed by atoms with E-state index in [1.165, 1.54) is 60.6 Å². The molecule has 0 bridgehead atoms. The molecule has 5 rings (SSSR count). The molecule has 3 aliphatic rings. The zero-order valence-corrected chi connectivity index (χ0v) is 45.2. The number of aromatic nitrogens is 2. The van der Waals surface area contributed by atoms with E-state index in [1.54, 1.807) is 52.0 Å². The van der Waals surface area contributed by atoms with Crippen LogP contribution >= 0.6 is 0 Å². The summed E-state index contributed by atoms with van der Waals surface area (Å²) in [5.74, 6) is -8.46.